The predicted octanol–water partition coefficient (Wildman–Crippen LogP) is 3.68. The Balaban J connectivity index is 1.63. The van der Waals surface area contributed by atoms with E-state index in [0.29, 0.717) is 33.3 Å². The van der Waals surface area contributed by atoms with Gasteiger partial charge in [-0.25, -0.2) is 18.2 Å². The van der Waals surface area contributed by atoms with Crippen molar-refractivity contribution in [3.05, 3.63) is 39.8 Å². The summed E-state index contributed by atoms with van der Waals surface area (Å²) in [5.41, 5.74) is 0. The number of pyridine rings is 1. The molecule has 0 atom stereocenters. The molecule has 0 aliphatic carbocycles. The number of carbonyl (C=O) groups excluding carboxylic acids is 2. The number of carbonyl (C=O) groups is 2. The van der Waals surface area contributed by atoms with Gasteiger partial charge in [0, 0.05) is 24.8 Å². The predicted molar refractivity (Wildman–Crippen MR) is 141 cm³/mol. The summed E-state index contributed by atoms with van der Waals surface area (Å²) >= 11 is 12.7. The molecule has 0 aromatic carbocycles. The molecule has 3 heterocycles. The zero-order valence-electron chi connectivity index (χ0n) is 19.9. The second kappa shape index (κ2) is 13.0. The Hall–Kier alpha value is -1.96. The van der Waals surface area contributed by atoms with Gasteiger partial charge in [-0.2, -0.15) is 4.31 Å². The monoisotopic (exact) mass is 577 g/mol. The van der Waals surface area contributed by atoms with Crippen LogP contribution < -0.4 is 15.4 Å². The van der Waals surface area contributed by atoms with Crippen LogP contribution in [0, 0.1) is 0 Å². The molecule has 0 bridgehead atoms. The van der Waals surface area contributed by atoms with E-state index in [1.165, 1.54) is 16.6 Å². The number of piperidine rings is 1. The molecule has 0 spiro atoms. The van der Waals surface area contributed by atoms with E-state index >= 15 is 0 Å². The molecule has 3 rings (SSSR count). The number of ether oxygens (including phenoxy) is 1. The average Bonchev–Trinajstić information content (AvgIpc) is 3.23. The third-order valence-electron chi connectivity index (χ3n) is 5.66. The average molecular weight is 579 g/mol. The van der Waals surface area contributed by atoms with Crippen LogP contribution in [0.5, 0.6) is 5.06 Å². The summed E-state index contributed by atoms with van der Waals surface area (Å²) in [5, 5.41) is 5.77. The van der Waals surface area contributed by atoms with E-state index in [-0.39, 0.29) is 30.7 Å². The van der Waals surface area contributed by atoms with Gasteiger partial charge < -0.3 is 20.3 Å². The molecule has 2 N–H and O–H groups in total. The number of thiophene rings is 1. The van der Waals surface area contributed by atoms with Crippen LogP contribution in [0.2, 0.25) is 9.36 Å². The van der Waals surface area contributed by atoms with E-state index in [0.717, 1.165) is 24.4 Å². The third kappa shape index (κ3) is 8.56. The van der Waals surface area contributed by atoms with Crippen molar-refractivity contribution >= 4 is 62.4 Å². The molecule has 14 heteroatoms. The lowest BCUT2D eigenvalue weighted by molar-refractivity contribution is -0.116. The second-order valence-electron chi connectivity index (χ2n) is 8.51. The fourth-order valence-electron chi connectivity index (χ4n) is 3.80. The number of aromatic nitrogens is 1. The molecular formula is C22H29Cl2N5O5S2. The molecule has 1 aliphatic heterocycles. The van der Waals surface area contributed by atoms with Crippen molar-refractivity contribution in [2.75, 3.05) is 37.2 Å². The van der Waals surface area contributed by atoms with Crippen molar-refractivity contribution in [1.29, 1.82) is 0 Å². The lowest BCUT2D eigenvalue weighted by Gasteiger charge is -2.39. The Morgan fingerprint density at radius 1 is 1.22 bits per heavy atom. The number of likely N-dealkylation sites (tertiary alicyclic amines) is 1. The molecule has 2 aromatic rings. The number of sulfonamides is 1. The number of halogens is 2. The van der Waals surface area contributed by atoms with Crippen molar-refractivity contribution in [3.8, 4) is 5.06 Å². The minimum Gasteiger partial charge on any atom is -0.399 e. The lowest BCUT2D eigenvalue weighted by atomic mass is 10.0. The molecule has 2 amide bonds. The van der Waals surface area contributed by atoms with Gasteiger partial charge in [-0.05, 0) is 64.0 Å². The van der Waals surface area contributed by atoms with Gasteiger partial charge in [0.2, 0.25) is 15.9 Å². The van der Waals surface area contributed by atoms with Crippen molar-refractivity contribution in [1.82, 2.24) is 19.5 Å². The molecular weight excluding hydrogens is 549 g/mol. The van der Waals surface area contributed by atoms with Gasteiger partial charge in [0.1, 0.15) is 5.82 Å². The van der Waals surface area contributed by atoms with Gasteiger partial charge in [-0.3, -0.25) is 4.79 Å². The highest BCUT2D eigenvalue weighted by Gasteiger charge is 2.34. The first-order valence-corrected chi connectivity index (χ1v) is 14.6. The van der Waals surface area contributed by atoms with Crippen LogP contribution in [-0.4, -0.2) is 78.6 Å². The summed E-state index contributed by atoms with van der Waals surface area (Å²) in [6.07, 6.45) is 1.80. The van der Waals surface area contributed by atoms with Crippen molar-refractivity contribution in [3.63, 3.8) is 0 Å². The molecule has 1 fully saturated rings. The van der Waals surface area contributed by atoms with Crippen LogP contribution in [0.25, 0.3) is 0 Å². The molecule has 1 saturated heterocycles. The van der Waals surface area contributed by atoms with Gasteiger partial charge in [0.05, 0.1) is 21.7 Å². The number of rotatable bonds is 10. The maximum Gasteiger partial charge on any atom is 0.413 e. The van der Waals surface area contributed by atoms with Gasteiger partial charge in [0.15, 0.2) is 5.06 Å². The third-order valence-corrected chi connectivity index (χ3v) is 8.85. The van der Waals surface area contributed by atoms with E-state index < -0.39 is 22.0 Å². The zero-order chi connectivity index (χ0) is 26.3. The van der Waals surface area contributed by atoms with Gasteiger partial charge in [0.25, 0.3) is 0 Å². The summed E-state index contributed by atoms with van der Waals surface area (Å²) in [6.45, 7) is 5.09. The number of nitrogens with zero attached hydrogens (tertiary/aromatic N) is 3. The molecule has 0 unspecified atom stereocenters. The number of amides is 2. The first-order chi connectivity index (χ1) is 17.0. The summed E-state index contributed by atoms with van der Waals surface area (Å²) in [7, 11) is -3.89. The van der Waals surface area contributed by atoms with Crippen molar-refractivity contribution in [2.24, 2.45) is 0 Å². The Morgan fingerprint density at radius 2 is 1.94 bits per heavy atom. The fourth-order valence-corrected chi connectivity index (χ4v) is 6.36. The summed E-state index contributed by atoms with van der Waals surface area (Å²) in [6, 6.07) is 6.26. The highest BCUT2D eigenvalue weighted by molar-refractivity contribution is 7.89. The number of hydrogen-bond donors (Lipinski definition) is 2. The second-order valence-corrected chi connectivity index (χ2v) is 12.7. The SMILES string of the molecule is CC(C)N1CCC(N(CC(=O)Nc2ccc(Cl)cn2)S(=O)(=O)CCNC(=O)Oc2ccc(Cl)s2)CC1. The van der Waals surface area contributed by atoms with Crippen LogP contribution in [0.4, 0.5) is 10.6 Å². The minimum atomic E-state index is -3.89. The molecule has 2 aromatic heterocycles. The molecule has 0 saturated carbocycles. The van der Waals surface area contributed by atoms with Crippen LogP contribution in [-0.2, 0) is 14.8 Å². The highest BCUT2D eigenvalue weighted by atomic mass is 35.5. The first-order valence-electron chi connectivity index (χ1n) is 11.4. The van der Waals surface area contributed by atoms with E-state index in [2.05, 4.69) is 34.4 Å². The standard InChI is InChI=1S/C22H29Cl2N5O5S2/c1-15(2)28-10-7-17(8-11-28)29(14-20(30)27-19-5-3-16(23)13-26-19)36(32,33)12-9-25-22(31)34-21-6-4-18(24)35-21/h3-6,13,15,17H,7-12,14H2,1-2H3,(H,25,31)(H,26,27,30). The Bertz CT molecular complexity index is 1140. The maximum atomic E-state index is 13.3. The lowest BCUT2D eigenvalue weighted by Crippen LogP contribution is -2.52. The number of anilines is 1. The van der Waals surface area contributed by atoms with E-state index in [1.807, 2.05) is 0 Å². The Kier molecular flexibility index (Phi) is 10.3. The fraction of sp³-hybridized carbons (Fsp3) is 0.500. The molecule has 36 heavy (non-hydrogen) atoms. The number of hydrogen-bond acceptors (Lipinski definition) is 8. The summed E-state index contributed by atoms with van der Waals surface area (Å²) in [5.74, 6) is -0.624. The largest absolute Gasteiger partial charge is 0.413 e. The van der Waals surface area contributed by atoms with Crippen LogP contribution in [0.1, 0.15) is 26.7 Å². The van der Waals surface area contributed by atoms with Gasteiger partial charge in [-0.1, -0.05) is 34.5 Å². The van der Waals surface area contributed by atoms with E-state index in [9.17, 15) is 18.0 Å². The van der Waals surface area contributed by atoms with Crippen molar-refractivity contribution < 1.29 is 22.7 Å². The van der Waals surface area contributed by atoms with E-state index in [4.69, 9.17) is 27.9 Å². The maximum absolute atomic E-state index is 13.3. The first kappa shape index (κ1) is 28.6. The quantitative estimate of drug-likeness (QED) is 0.441. The summed E-state index contributed by atoms with van der Waals surface area (Å²) < 4.78 is 33.4. The summed E-state index contributed by atoms with van der Waals surface area (Å²) in [4.78, 5) is 31.1. The van der Waals surface area contributed by atoms with Gasteiger partial charge >= 0.3 is 6.09 Å². The normalized spacial score (nSPS) is 15.3. The van der Waals surface area contributed by atoms with Crippen LogP contribution >= 0.6 is 34.5 Å². The van der Waals surface area contributed by atoms with Crippen LogP contribution in [0.3, 0.4) is 0 Å². The minimum absolute atomic E-state index is 0.179. The zero-order valence-corrected chi connectivity index (χ0v) is 23.1. The highest BCUT2D eigenvalue weighted by Crippen LogP contribution is 2.28. The Morgan fingerprint density at radius 3 is 2.53 bits per heavy atom. The topological polar surface area (TPSA) is 121 Å². The Labute approximate surface area is 225 Å². The smallest absolute Gasteiger partial charge is 0.399 e. The molecule has 10 nitrogen and oxygen atoms in total. The van der Waals surface area contributed by atoms with E-state index in [1.54, 1.807) is 18.2 Å². The van der Waals surface area contributed by atoms with Crippen molar-refractivity contribution in [2.45, 2.75) is 38.8 Å². The van der Waals surface area contributed by atoms with Crippen LogP contribution in [0.15, 0.2) is 30.5 Å². The molecule has 1 aliphatic rings. The number of nitrogens with one attached hydrogen (secondary N) is 2. The molecule has 198 valence electrons. The molecule has 0 radical (unpaired) electrons. The van der Waals surface area contributed by atoms with Gasteiger partial charge in [-0.15, -0.1) is 0 Å².